The predicted octanol–water partition coefficient (Wildman–Crippen LogP) is 3.03. The fourth-order valence-electron chi connectivity index (χ4n) is 3.22. The molecule has 2 N–H and O–H groups in total. The van der Waals surface area contributed by atoms with Gasteiger partial charge >= 0.3 is 5.97 Å². The Morgan fingerprint density at radius 3 is 2.52 bits per heavy atom. The Kier molecular flexibility index (Phi) is 4.57. The van der Waals surface area contributed by atoms with Crippen LogP contribution in [-0.2, 0) is 9.59 Å². The van der Waals surface area contributed by atoms with Gasteiger partial charge in [0.15, 0.2) is 0 Å². The van der Waals surface area contributed by atoms with E-state index < -0.39 is 11.8 Å². The van der Waals surface area contributed by atoms with E-state index in [1.165, 1.54) is 6.07 Å². The third kappa shape index (κ3) is 3.34. The number of hydrogen-bond donors (Lipinski definition) is 2. The van der Waals surface area contributed by atoms with Gasteiger partial charge in [0.1, 0.15) is 18.2 Å². The second-order valence-electron chi connectivity index (χ2n) is 6.06. The van der Waals surface area contributed by atoms with Crippen molar-refractivity contribution in [3.8, 4) is 5.75 Å². The number of aliphatic carboxylic acids is 1. The van der Waals surface area contributed by atoms with Crippen LogP contribution in [0.5, 0.6) is 5.75 Å². The minimum absolute atomic E-state index is 0.0873. The van der Waals surface area contributed by atoms with E-state index >= 15 is 0 Å². The maximum absolute atomic E-state index is 13.5. The van der Waals surface area contributed by atoms with Crippen LogP contribution in [0.15, 0.2) is 16.6 Å². The van der Waals surface area contributed by atoms with Crippen molar-refractivity contribution in [3.63, 3.8) is 0 Å². The van der Waals surface area contributed by atoms with E-state index in [9.17, 15) is 14.0 Å². The zero-order chi connectivity index (χ0) is 16.6. The summed E-state index contributed by atoms with van der Waals surface area (Å²) in [4.78, 5) is 23.3. The molecule has 0 spiro atoms. The van der Waals surface area contributed by atoms with Gasteiger partial charge in [0.2, 0.25) is 5.91 Å². The maximum atomic E-state index is 13.5. The highest BCUT2D eigenvalue weighted by Gasteiger charge is 2.33. The zero-order valence-corrected chi connectivity index (χ0v) is 13.9. The molecule has 0 bridgehead atoms. The normalized spacial score (nSPS) is 26.3. The first-order valence-corrected chi connectivity index (χ1v) is 8.40. The number of hydrogen-bond acceptors (Lipinski definition) is 3. The van der Waals surface area contributed by atoms with Crippen molar-refractivity contribution in [2.45, 2.75) is 31.7 Å². The van der Waals surface area contributed by atoms with Crippen molar-refractivity contribution < 1.29 is 23.8 Å². The smallest absolute Gasteiger partial charge is 0.306 e. The van der Waals surface area contributed by atoms with E-state index in [-0.39, 0.29) is 30.4 Å². The molecular formula is C16H17BrFNO4. The monoisotopic (exact) mass is 385 g/mol. The number of halogens is 2. The van der Waals surface area contributed by atoms with Crippen molar-refractivity contribution in [2.24, 2.45) is 11.8 Å². The fraction of sp³-hybridized carbons (Fsp3) is 0.500. The fourth-order valence-corrected chi connectivity index (χ4v) is 3.58. The van der Waals surface area contributed by atoms with E-state index in [0.717, 1.165) is 5.56 Å². The highest BCUT2D eigenvalue weighted by atomic mass is 79.9. The van der Waals surface area contributed by atoms with Crippen molar-refractivity contribution in [1.29, 1.82) is 0 Å². The van der Waals surface area contributed by atoms with Crippen LogP contribution in [0.3, 0.4) is 0 Å². The molecular weight excluding hydrogens is 369 g/mol. The molecule has 5 nitrogen and oxygen atoms in total. The quantitative estimate of drug-likeness (QED) is 0.838. The van der Waals surface area contributed by atoms with Gasteiger partial charge in [0.25, 0.3) is 0 Å². The second kappa shape index (κ2) is 6.47. The highest BCUT2D eigenvalue weighted by Crippen LogP contribution is 2.37. The van der Waals surface area contributed by atoms with Crippen LogP contribution in [0.25, 0.3) is 0 Å². The third-order valence-corrected chi connectivity index (χ3v) is 5.21. The number of amides is 1. The summed E-state index contributed by atoms with van der Waals surface area (Å²) in [7, 11) is 0. The molecule has 124 valence electrons. The Bertz CT molecular complexity index is 643. The first kappa shape index (κ1) is 16.2. The molecule has 1 saturated carbocycles. The standard InChI is InChI=1S/C16H17BrFNO4/c17-11-5-10-13(7-23-14(10)6-12(11)18)19-15(20)8-1-3-9(4-2-8)16(21)22/h5-6,8-9,13H,1-4,7H2,(H,19,20)(H,21,22). The largest absolute Gasteiger partial charge is 0.491 e. The molecule has 2 aliphatic rings. The number of benzene rings is 1. The minimum atomic E-state index is -0.783. The van der Waals surface area contributed by atoms with E-state index in [0.29, 0.717) is 35.9 Å². The SMILES string of the molecule is O=C(O)C1CCC(C(=O)NC2COc3cc(F)c(Br)cc32)CC1. The van der Waals surface area contributed by atoms with E-state index in [2.05, 4.69) is 21.2 Å². The summed E-state index contributed by atoms with van der Waals surface area (Å²) in [5, 5.41) is 11.9. The number of fused-ring (bicyclic) bond motifs is 1. The van der Waals surface area contributed by atoms with Gasteiger partial charge in [-0.3, -0.25) is 9.59 Å². The van der Waals surface area contributed by atoms with Crippen molar-refractivity contribution in [2.75, 3.05) is 6.61 Å². The van der Waals surface area contributed by atoms with E-state index in [1.807, 2.05) is 0 Å². The number of ether oxygens (including phenoxy) is 1. The van der Waals surface area contributed by atoms with Gasteiger partial charge in [0.05, 0.1) is 16.4 Å². The summed E-state index contributed by atoms with van der Waals surface area (Å²) >= 11 is 3.14. The summed E-state index contributed by atoms with van der Waals surface area (Å²) in [6, 6.07) is 2.64. The molecule has 1 heterocycles. The molecule has 1 aromatic carbocycles. The Morgan fingerprint density at radius 2 is 1.87 bits per heavy atom. The molecule has 7 heteroatoms. The molecule has 1 atom stereocenters. The number of carboxylic acids is 1. The average molecular weight is 386 g/mol. The van der Waals surface area contributed by atoms with Crippen LogP contribution >= 0.6 is 15.9 Å². The summed E-state index contributed by atoms with van der Waals surface area (Å²) in [6.07, 6.45) is 2.22. The van der Waals surface area contributed by atoms with Gasteiger partial charge in [-0.2, -0.15) is 0 Å². The van der Waals surface area contributed by atoms with Crippen molar-refractivity contribution in [3.05, 3.63) is 28.0 Å². The van der Waals surface area contributed by atoms with Crippen molar-refractivity contribution in [1.82, 2.24) is 5.32 Å². The van der Waals surface area contributed by atoms with Crippen LogP contribution in [0.2, 0.25) is 0 Å². The molecule has 1 unspecified atom stereocenters. The third-order valence-electron chi connectivity index (χ3n) is 4.60. The number of nitrogens with one attached hydrogen (secondary N) is 1. The Hall–Kier alpha value is -1.63. The van der Waals surface area contributed by atoms with Crippen LogP contribution in [0.1, 0.15) is 37.3 Å². The highest BCUT2D eigenvalue weighted by molar-refractivity contribution is 9.10. The van der Waals surface area contributed by atoms with Crippen LogP contribution in [0.4, 0.5) is 4.39 Å². The van der Waals surface area contributed by atoms with Gasteiger partial charge in [-0.05, 0) is 47.7 Å². The molecule has 3 rings (SSSR count). The molecule has 0 radical (unpaired) electrons. The Morgan fingerprint density at radius 1 is 1.22 bits per heavy atom. The Labute approximate surface area is 141 Å². The lowest BCUT2D eigenvalue weighted by atomic mass is 9.81. The van der Waals surface area contributed by atoms with E-state index in [4.69, 9.17) is 9.84 Å². The lowest BCUT2D eigenvalue weighted by molar-refractivity contribution is -0.144. The summed E-state index contributed by atoms with van der Waals surface area (Å²) < 4.78 is 19.3. The molecule has 0 aromatic heterocycles. The van der Waals surface area contributed by atoms with Gasteiger partial charge in [-0.15, -0.1) is 0 Å². The number of carbonyl (C=O) groups is 2. The average Bonchev–Trinajstić information content (AvgIpc) is 2.90. The summed E-state index contributed by atoms with van der Waals surface area (Å²) in [5.41, 5.74) is 0.755. The summed E-state index contributed by atoms with van der Waals surface area (Å²) in [5.74, 6) is -1.33. The van der Waals surface area contributed by atoms with Crippen molar-refractivity contribution >= 4 is 27.8 Å². The van der Waals surface area contributed by atoms with Gasteiger partial charge < -0.3 is 15.2 Å². The van der Waals surface area contributed by atoms with E-state index in [1.54, 1.807) is 6.07 Å². The predicted molar refractivity (Wildman–Crippen MR) is 83.6 cm³/mol. The summed E-state index contributed by atoms with van der Waals surface area (Å²) in [6.45, 7) is 0.279. The Balaban J connectivity index is 1.62. The zero-order valence-electron chi connectivity index (χ0n) is 12.4. The maximum Gasteiger partial charge on any atom is 0.306 e. The first-order valence-electron chi connectivity index (χ1n) is 7.60. The van der Waals surface area contributed by atoms with Crippen LogP contribution < -0.4 is 10.1 Å². The van der Waals surface area contributed by atoms with Gasteiger partial charge in [-0.1, -0.05) is 0 Å². The molecule has 1 aromatic rings. The second-order valence-corrected chi connectivity index (χ2v) is 6.92. The molecule has 1 aliphatic heterocycles. The van der Waals surface area contributed by atoms with Crippen LogP contribution in [0, 0.1) is 17.7 Å². The number of rotatable bonds is 3. The number of carbonyl (C=O) groups excluding carboxylic acids is 1. The topological polar surface area (TPSA) is 75.6 Å². The van der Waals surface area contributed by atoms with Crippen LogP contribution in [-0.4, -0.2) is 23.6 Å². The molecule has 1 aliphatic carbocycles. The minimum Gasteiger partial charge on any atom is -0.491 e. The lowest BCUT2D eigenvalue weighted by Crippen LogP contribution is -2.37. The molecule has 1 amide bonds. The first-order chi connectivity index (χ1) is 11.0. The molecule has 1 fully saturated rings. The van der Waals surface area contributed by atoms with Gasteiger partial charge in [0, 0.05) is 17.5 Å². The lowest BCUT2D eigenvalue weighted by Gasteiger charge is -2.26. The van der Waals surface area contributed by atoms with Gasteiger partial charge in [-0.25, -0.2) is 4.39 Å². The molecule has 0 saturated heterocycles. The number of carboxylic acid groups (broad SMARTS) is 1. The molecule has 23 heavy (non-hydrogen) atoms.